The molecule has 0 saturated carbocycles. The van der Waals surface area contributed by atoms with E-state index in [0.717, 1.165) is 0 Å². The number of nitrogens with one attached hydrogen (secondary N) is 2. The van der Waals surface area contributed by atoms with Gasteiger partial charge in [-0.2, -0.15) is 11.3 Å². The highest BCUT2D eigenvalue weighted by Crippen LogP contribution is 2.15. The second kappa shape index (κ2) is 8.23. The van der Waals surface area contributed by atoms with Gasteiger partial charge in [0.05, 0.1) is 18.8 Å². The standard InChI is InChI=1S/C16H16N2O5S/c1-23-16(22)10-2-4-12(5-3-10)18-15(21)14(20)17-8-13(19)11-6-7-24-9-11/h2-7,9,13,19H,8H2,1H3,(H,17,20)(H,18,21)/t13-/m1/s1. The molecule has 0 bridgehead atoms. The summed E-state index contributed by atoms with van der Waals surface area (Å²) >= 11 is 1.43. The number of benzene rings is 1. The van der Waals surface area contributed by atoms with E-state index in [2.05, 4.69) is 15.4 Å². The van der Waals surface area contributed by atoms with Crippen LogP contribution >= 0.6 is 11.3 Å². The predicted molar refractivity (Wildman–Crippen MR) is 88.7 cm³/mol. The highest BCUT2D eigenvalue weighted by Gasteiger charge is 2.16. The minimum absolute atomic E-state index is 0.0652. The van der Waals surface area contributed by atoms with E-state index in [9.17, 15) is 19.5 Å². The Labute approximate surface area is 142 Å². The van der Waals surface area contributed by atoms with Gasteiger partial charge in [0.15, 0.2) is 0 Å². The lowest BCUT2D eigenvalue weighted by atomic mass is 10.2. The number of methoxy groups -OCH3 is 1. The second-order valence-electron chi connectivity index (χ2n) is 4.81. The van der Waals surface area contributed by atoms with Crippen LogP contribution < -0.4 is 10.6 Å². The van der Waals surface area contributed by atoms with Crippen molar-refractivity contribution < 1.29 is 24.2 Å². The van der Waals surface area contributed by atoms with Crippen LogP contribution in [-0.2, 0) is 14.3 Å². The lowest BCUT2D eigenvalue weighted by molar-refractivity contribution is -0.136. The number of hydrogen-bond donors (Lipinski definition) is 3. The Bertz CT molecular complexity index is 713. The van der Waals surface area contributed by atoms with Crippen LogP contribution in [0, 0.1) is 0 Å². The van der Waals surface area contributed by atoms with Gasteiger partial charge >= 0.3 is 17.8 Å². The van der Waals surface area contributed by atoms with Gasteiger partial charge in [0.2, 0.25) is 0 Å². The third-order valence-electron chi connectivity index (χ3n) is 3.15. The molecule has 8 heteroatoms. The maximum absolute atomic E-state index is 11.8. The summed E-state index contributed by atoms with van der Waals surface area (Å²) in [5.74, 6) is -2.22. The van der Waals surface area contributed by atoms with Crippen molar-refractivity contribution in [3.63, 3.8) is 0 Å². The van der Waals surface area contributed by atoms with E-state index in [4.69, 9.17) is 0 Å². The first-order chi connectivity index (χ1) is 11.5. The van der Waals surface area contributed by atoms with Gasteiger partial charge in [-0.15, -0.1) is 0 Å². The highest BCUT2D eigenvalue weighted by molar-refractivity contribution is 7.07. The lowest BCUT2D eigenvalue weighted by Gasteiger charge is -2.10. The van der Waals surface area contributed by atoms with Crippen LogP contribution in [0.1, 0.15) is 22.0 Å². The van der Waals surface area contributed by atoms with E-state index in [1.807, 2.05) is 5.38 Å². The van der Waals surface area contributed by atoms with E-state index in [-0.39, 0.29) is 6.54 Å². The van der Waals surface area contributed by atoms with Crippen molar-refractivity contribution in [1.82, 2.24) is 5.32 Å². The molecule has 3 N–H and O–H groups in total. The summed E-state index contributed by atoms with van der Waals surface area (Å²) in [5, 5.41) is 18.2. The zero-order chi connectivity index (χ0) is 17.5. The first-order valence-electron chi connectivity index (χ1n) is 6.99. The molecular formula is C16H16N2O5S. The number of hydrogen-bond acceptors (Lipinski definition) is 6. The smallest absolute Gasteiger partial charge is 0.337 e. The van der Waals surface area contributed by atoms with Gasteiger partial charge in [-0.1, -0.05) is 0 Å². The molecule has 2 aromatic rings. The molecule has 0 aliphatic carbocycles. The van der Waals surface area contributed by atoms with Gasteiger partial charge in [0.25, 0.3) is 0 Å². The summed E-state index contributed by atoms with van der Waals surface area (Å²) < 4.78 is 4.57. The van der Waals surface area contributed by atoms with Crippen LogP contribution in [0.3, 0.4) is 0 Å². The number of ether oxygens (including phenoxy) is 1. The number of carbonyl (C=O) groups excluding carboxylic acids is 3. The van der Waals surface area contributed by atoms with Gasteiger partial charge in [-0.3, -0.25) is 9.59 Å². The van der Waals surface area contributed by atoms with E-state index < -0.39 is 23.9 Å². The Balaban J connectivity index is 1.85. The Morgan fingerprint density at radius 1 is 1.17 bits per heavy atom. The molecule has 0 aliphatic rings. The van der Waals surface area contributed by atoms with Gasteiger partial charge in [0.1, 0.15) is 0 Å². The topological polar surface area (TPSA) is 105 Å². The minimum atomic E-state index is -0.868. The SMILES string of the molecule is COC(=O)c1ccc(NC(=O)C(=O)NC[C@@H](O)c2ccsc2)cc1. The first-order valence-corrected chi connectivity index (χ1v) is 7.93. The van der Waals surface area contributed by atoms with Crippen molar-refractivity contribution in [2.75, 3.05) is 19.0 Å². The van der Waals surface area contributed by atoms with Crippen LogP contribution in [0.2, 0.25) is 0 Å². The van der Waals surface area contributed by atoms with Crippen LogP contribution in [-0.4, -0.2) is 36.5 Å². The molecule has 0 aliphatic heterocycles. The fourth-order valence-corrected chi connectivity index (χ4v) is 2.55. The first kappa shape index (κ1) is 17.6. The summed E-state index contributed by atoms with van der Waals surface area (Å²) in [6, 6.07) is 7.65. The number of esters is 1. The molecular weight excluding hydrogens is 332 g/mol. The molecule has 1 aromatic heterocycles. The summed E-state index contributed by atoms with van der Waals surface area (Å²) in [6.45, 7) is -0.0652. The molecule has 0 radical (unpaired) electrons. The summed E-state index contributed by atoms with van der Waals surface area (Å²) in [7, 11) is 1.27. The van der Waals surface area contributed by atoms with E-state index in [1.165, 1.54) is 42.7 Å². The molecule has 7 nitrogen and oxygen atoms in total. The largest absolute Gasteiger partial charge is 0.465 e. The van der Waals surface area contributed by atoms with Crippen LogP contribution in [0.4, 0.5) is 5.69 Å². The van der Waals surface area contributed by atoms with Crippen molar-refractivity contribution in [1.29, 1.82) is 0 Å². The Hall–Kier alpha value is -2.71. The maximum Gasteiger partial charge on any atom is 0.337 e. The van der Waals surface area contributed by atoms with Gasteiger partial charge < -0.3 is 20.5 Å². The van der Waals surface area contributed by atoms with Crippen molar-refractivity contribution >= 4 is 34.8 Å². The average Bonchev–Trinajstić information content (AvgIpc) is 3.14. The fourth-order valence-electron chi connectivity index (χ4n) is 1.85. The molecule has 1 heterocycles. The number of carbonyl (C=O) groups is 3. The van der Waals surface area contributed by atoms with Crippen LogP contribution in [0.5, 0.6) is 0 Å². The minimum Gasteiger partial charge on any atom is -0.465 e. The molecule has 1 atom stereocenters. The average molecular weight is 348 g/mol. The molecule has 0 spiro atoms. The Kier molecular flexibility index (Phi) is 6.05. The third-order valence-corrected chi connectivity index (χ3v) is 3.86. The molecule has 126 valence electrons. The number of thiophene rings is 1. The number of amides is 2. The van der Waals surface area contributed by atoms with Crippen LogP contribution in [0.25, 0.3) is 0 Å². The molecule has 24 heavy (non-hydrogen) atoms. The molecule has 2 amide bonds. The quantitative estimate of drug-likeness (QED) is 0.558. The number of rotatable bonds is 5. The molecule has 0 unspecified atom stereocenters. The van der Waals surface area contributed by atoms with E-state index in [0.29, 0.717) is 16.8 Å². The zero-order valence-corrected chi connectivity index (χ0v) is 13.6. The Morgan fingerprint density at radius 3 is 2.46 bits per heavy atom. The van der Waals surface area contributed by atoms with Gasteiger partial charge in [0, 0.05) is 12.2 Å². The lowest BCUT2D eigenvalue weighted by Crippen LogP contribution is -2.37. The summed E-state index contributed by atoms with van der Waals surface area (Å²) in [5.41, 5.74) is 1.37. The predicted octanol–water partition coefficient (Wildman–Crippen LogP) is 1.32. The normalized spacial score (nSPS) is 11.4. The maximum atomic E-state index is 11.8. The number of aliphatic hydroxyl groups excluding tert-OH is 1. The third kappa shape index (κ3) is 4.64. The van der Waals surface area contributed by atoms with Gasteiger partial charge in [-0.05, 0) is 46.7 Å². The van der Waals surface area contributed by atoms with E-state index in [1.54, 1.807) is 11.4 Å². The van der Waals surface area contributed by atoms with Gasteiger partial charge in [-0.25, -0.2) is 4.79 Å². The van der Waals surface area contributed by atoms with Crippen molar-refractivity contribution in [3.05, 3.63) is 52.2 Å². The highest BCUT2D eigenvalue weighted by atomic mass is 32.1. The number of anilines is 1. The second-order valence-corrected chi connectivity index (χ2v) is 5.59. The van der Waals surface area contributed by atoms with Crippen LogP contribution in [0.15, 0.2) is 41.1 Å². The molecule has 0 fully saturated rings. The molecule has 0 saturated heterocycles. The van der Waals surface area contributed by atoms with Crippen molar-refractivity contribution in [2.45, 2.75) is 6.10 Å². The summed E-state index contributed by atoms with van der Waals surface area (Å²) in [6.07, 6.45) is -0.868. The van der Waals surface area contributed by atoms with Crippen molar-refractivity contribution in [3.8, 4) is 0 Å². The Morgan fingerprint density at radius 2 is 1.88 bits per heavy atom. The summed E-state index contributed by atoms with van der Waals surface area (Å²) in [4.78, 5) is 34.8. The van der Waals surface area contributed by atoms with Crippen molar-refractivity contribution in [2.24, 2.45) is 0 Å². The monoisotopic (exact) mass is 348 g/mol. The fraction of sp³-hybridized carbons (Fsp3) is 0.188. The number of aliphatic hydroxyl groups is 1. The molecule has 1 aromatic carbocycles. The molecule has 2 rings (SSSR count). The zero-order valence-electron chi connectivity index (χ0n) is 12.8. The van der Waals surface area contributed by atoms with E-state index >= 15 is 0 Å².